The molecule has 3 heteroatoms. The monoisotopic (exact) mass is 249 g/mol. The summed E-state index contributed by atoms with van der Waals surface area (Å²) < 4.78 is 5.49. The Morgan fingerprint density at radius 3 is 2.59 bits per heavy atom. The Hall–Kier alpha value is -1.25. The maximum Gasteiger partial charge on any atom is 0.117 e. The molecule has 1 N–H and O–H groups in total. The second-order valence-corrected chi connectivity index (χ2v) is 4.62. The Bertz CT molecular complexity index is 505. The second-order valence-electron chi connectivity index (χ2n) is 4.19. The molecule has 0 aliphatic heterocycles. The lowest BCUT2D eigenvalue weighted by molar-refractivity contribution is 0.461. The van der Waals surface area contributed by atoms with Crippen molar-refractivity contribution in [2.75, 3.05) is 0 Å². The van der Waals surface area contributed by atoms with Crippen LogP contribution in [0.1, 0.15) is 22.6 Å². The molecule has 0 aliphatic rings. The fraction of sp³-hybridized carbons (Fsp3) is 0.286. The number of hydrogen-bond acceptors (Lipinski definition) is 2. The molecular formula is C14H16ClNO. The highest BCUT2D eigenvalue weighted by Crippen LogP contribution is 2.15. The highest BCUT2D eigenvalue weighted by atomic mass is 35.5. The van der Waals surface area contributed by atoms with Crippen LogP contribution in [0.25, 0.3) is 0 Å². The van der Waals surface area contributed by atoms with Crippen molar-refractivity contribution in [3.05, 3.63) is 58.0 Å². The minimum atomic E-state index is 0.746. The molecule has 1 heterocycles. The molecule has 0 bridgehead atoms. The van der Waals surface area contributed by atoms with Crippen molar-refractivity contribution < 1.29 is 4.42 Å². The molecule has 0 atom stereocenters. The molecule has 0 spiro atoms. The van der Waals surface area contributed by atoms with Crippen LogP contribution in [0.4, 0.5) is 0 Å². The number of furan rings is 1. The zero-order valence-corrected chi connectivity index (χ0v) is 10.8. The Labute approximate surface area is 107 Å². The van der Waals surface area contributed by atoms with Gasteiger partial charge >= 0.3 is 0 Å². The van der Waals surface area contributed by atoms with Crippen LogP contribution in [0.3, 0.4) is 0 Å². The van der Waals surface area contributed by atoms with Gasteiger partial charge in [0, 0.05) is 11.6 Å². The molecular weight excluding hydrogens is 234 g/mol. The molecule has 0 amide bonds. The molecule has 2 aromatic rings. The van der Waals surface area contributed by atoms with Crippen LogP contribution < -0.4 is 5.32 Å². The quantitative estimate of drug-likeness (QED) is 0.891. The van der Waals surface area contributed by atoms with E-state index in [0.29, 0.717) is 0 Å². The number of aryl methyl sites for hydroxylation is 2. The Morgan fingerprint density at radius 1 is 1.12 bits per heavy atom. The molecule has 2 nitrogen and oxygen atoms in total. The fourth-order valence-electron chi connectivity index (χ4n) is 1.76. The molecule has 1 aromatic heterocycles. The summed E-state index contributed by atoms with van der Waals surface area (Å²) in [7, 11) is 0. The summed E-state index contributed by atoms with van der Waals surface area (Å²) in [6, 6.07) is 9.93. The number of rotatable bonds is 4. The van der Waals surface area contributed by atoms with E-state index in [1.165, 1.54) is 11.1 Å². The highest BCUT2D eigenvalue weighted by Gasteiger charge is 2.01. The Kier molecular flexibility index (Phi) is 3.87. The van der Waals surface area contributed by atoms with E-state index in [0.717, 1.165) is 29.6 Å². The molecule has 0 saturated carbocycles. The van der Waals surface area contributed by atoms with Crippen LogP contribution in [-0.2, 0) is 13.1 Å². The van der Waals surface area contributed by atoms with Gasteiger partial charge in [-0.2, -0.15) is 0 Å². The van der Waals surface area contributed by atoms with Crippen molar-refractivity contribution >= 4 is 11.6 Å². The lowest BCUT2D eigenvalue weighted by Gasteiger charge is -2.07. The van der Waals surface area contributed by atoms with E-state index >= 15 is 0 Å². The van der Waals surface area contributed by atoms with E-state index in [2.05, 4.69) is 18.3 Å². The first-order valence-corrected chi connectivity index (χ1v) is 6.04. The van der Waals surface area contributed by atoms with Gasteiger partial charge in [0.05, 0.1) is 6.54 Å². The largest absolute Gasteiger partial charge is 0.465 e. The normalized spacial score (nSPS) is 10.8. The van der Waals surface area contributed by atoms with Crippen LogP contribution in [0.5, 0.6) is 0 Å². The van der Waals surface area contributed by atoms with Gasteiger partial charge in [0.1, 0.15) is 11.5 Å². The maximum absolute atomic E-state index is 5.91. The van der Waals surface area contributed by atoms with Crippen LogP contribution in [-0.4, -0.2) is 0 Å². The second kappa shape index (κ2) is 5.39. The maximum atomic E-state index is 5.91. The van der Waals surface area contributed by atoms with Crippen LogP contribution in [0, 0.1) is 13.8 Å². The predicted octanol–water partition coefficient (Wildman–Crippen LogP) is 3.84. The number of hydrogen-bond donors (Lipinski definition) is 1. The third-order valence-electron chi connectivity index (χ3n) is 2.72. The summed E-state index contributed by atoms with van der Waals surface area (Å²) in [6.45, 7) is 5.59. The molecule has 0 fully saturated rings. The summed E-state index contributed by atoms with van der Waals surface area (Å²) >= 11 is 5.91. The first kappa shape index (κ1) is 12.2. The van der Waals surface area contributed by atoms with E-state index in [1.807, 2.05) is 31.2 Å². The van der Waals surface area contributed by atoms with Gasteiger partial charge < -0.3 is 9.73 Å². The van der Waals surface area contributed by atoms with Crippen molar-refractivity contribution in [1.82, 2.24) is 5.32 Å². The number of halogens is 1. The van der Waals surface area contributed by atoms with Crippen molar-refractivity contribution in [3.63, 3.8) is 0 Å². The SMILES string of the molecule is Cc1ccc(CNCc2ccc(Cl)cc2C)o1. The van der Waals surface area contributed by atoms with Crippen molar-refractivity contribution in [1.29, 1.82) is 0 Å². The van der Waals surface area contributed by atoms with Gasteiger partial charge in [-0.1, -0.05) is 17.7 Å². The summed E-state index contributed by atoms with van der Waals surface area (Å²) in [4.78, 5) is 0. The summed E-state index contributed by atoms with van der Waals surface area (Å²) in [5.74, 6) is 1.92. The van der Waals surface area contributed by atoms with E-state index in [4.69, 9.17) is 16.0 Å². The number of benzene rings is 1. The average Bonchev–Trinajstić information content (AvgIpc) is 2.68. The Balaban J connectivity index is 1.90. The zero-order valence-electron chi connectivity index (χ0n) is 10.1. The average molecular weight is 250 g/mol. The van der Waals surface area contributed by atoms with Crippen LogP contribution in [0.15, 0.2) is 34.7 Å². The third kappa shape index (κ3) is 3.35. The van der Waals surface area contributed by atoms with Gasteiger partial charge in [-0.25, -0.2) is 0 Å². The van der Waals surface area contributed by atoms with E-state index in [-0.39, 0.29) is 0 Å². The van der Waals surface area contributed by atoms with Crippen LogP contribution >= 0.6 is 11.6 Å². The van der Waals surface area contributed by atoms with Crippen molar-refractivity contribution in [2.24, 2.45) is 0 Å². The van der Waals surface area contributed by atoms with Crippen molar-refractivity contribution in [2.45, 2.75) is 26.9 Å². The lowest BCUT2D eigenvalue weighted by Crippen LogP contribution is -2.12. The van der Waals surface area contributed by atoms with Gasteiger partial charge in [0.25, 0.3) is 0 Å². The van der Waals surface area contributed by atoms with Gasteiger partial charge in [0.2, 0.25) is 0 Å². The molecule has 0 unspecified atom stereocenters. The minimum Gasteiger partial charge on any atom is -0.465 e. The molecule has 17 heavy (non-hydrogen) atoms. The molecule has 0 aliphatic carbocycles. The summed E-state index contributed by atoms with van der Waals surface area (Å²) in [5.41, 5.74) is 2.47. The molecule has 2 rings (SSSR count). The predicted molar refractivity (Wildman–Crippen MR) is 70.2 cm³/mol. The summed E-state index contributed by atoms with van der Waals surface area (Å²) in [6.07, 6.45) is 0. The molecule has 1 aromatic carbocycles. The van der Waals surface area contributed by atoms with Gasteiger partial charge in [-0.3, -0.25) is 0 Å². The summed E-state index contributed by atoms with van der Waals surface area (Å²) in [5, 5.41) is 4.14. The zero-order chi connectivity index (χ0) is 12.3. The molecule has 90 valence electrons. The van der Waals surface area contributed by atoms with Crippen LogP contribution in [0.2, 0.25) is 5.02 Å². The molecule has 0 saturated heterocycles. The van der Waals surface area contributed by atoms with E-state index in [9.17, 15) is 0 Å². The van der Waals surface area contributed by atoms with Gasteiger partial charge in [-0.15, -0.1) is 0 Å². The molecule has 0 radical (unpaired) electrons. The van der Waals surface area contributed by atoms with Gasteiger partial charge in [-0.05, 0) is 49.2 Å². The fourth-order valence-corrected chi connectivity index (χ4v) is 1.98. The Morgan fingerprint density at radius 2 is 1.94 bits per heavy atom. The van der Waals surface area contributed by atoms with E-state index < -0.39 is 0 Å². The van der Waals surface area contributed by atoms with Crippen molar-refractivity contribution in [3.8, 4) is 0 Å². The topological polar surface area (TPSA) is 25.2 Å². The number of nitrogens with one attached hydrogen (secondary N) is 1. The highest BCUT2D eigenvalue weighted by molar-refractivity contribution is 6.30. The lowest BCUT2D eigenvalue weighted by atomic mass is 10.1. The third-order valence-corrected chi connectivity index (χ3v) is 2.95. The first-order chi connectivity index (χ1) is 8.15. The smallest absolute Gasteiger partial charge is 0.117 e. The van der Waals surface area contributed by atoms with Gasteiger partial charge in [0.15, 0.2) is 0 Å². The minimum absolute atomic E-state index is 0.746. The van der Waals surface area contributed by atoms with E-state index in [1.54, 1.807) is 0 Å². The standard InChI is InChI=1S/C14H16ClNO/c1-10-7-13(15)5-4-12(10)8-16-9-14-6-3-11(2)17-14/h3-7,16H,8-9H2,1-2H3. The first-order valence-electron chi connectivity index (χ1n) is 5.66.